The Morgan fingerprint density at radius 2 is 2.00 bits per heavy atom. The number of carbonyl (C=O) groups excluding carboxylic acids is 3. The lowest BCUT2D eigenvalue weighted by atomic mass is 10.2. The van der Waals surface area contributed by atoms with E-state index in [1.807, 2.05) is 30.3 Å². The molecular formula is C17H19N5O3. The molecule has 1 aromatic carbocycles. The molecule has 0 aliphatic carbocycles. The van der Waals surface area contributed by atoms with Crippen molar-refractivity contribution in [1.29, 1.82) is 0 Å². The van der Waals surface area contributed by atoms with Gasteiger partial charge in [0.05, 0.1) is 19.5 Å². The van der Waals surface area contributed by atoms with E-state index in [0.717, 1.165) is 10.5 Å². The number of hydrogen-bond acceptors (Lipinski definition) is 4. The van der Waals surface area contributed by atoms with Gasteiger partial charge in [0.15, 0.2) is 0 Å². The molecule has 8 heteroatoms. The monoisotopic (exact) mass is 341 g/mol. The van der Waals surface area contributed by atoms with Crippen molar-refractivity contribution in [2.45, 2.75) is 25.6 Å². The number of hydrogen-bond donors (Lipinski definition) is 2. The standard InChI is InChI=1S/C17H19N5O3/c23-15(18-8-10-21-9-4-7-19-21)11-14-16(24)22(17(25)20-14)12-13-5-2-1-3-6-13/h1-7,9,14H,8,10-12H2,(H,18,23)(H,20,25)/t14-/m1/s1. The van der Waals surface area contributed by atoms with Gasteiger partial charge in [0.1, 0.15) is 6.04 Å². The molecule has 0 unspecified atom stereocenters. The van der Waals surface area contributed by atoms with E-state index in [-0.39, 0.29) is 24.8 Å². The quantitative estimate of drug-likeness (QED) is 0.717. The molecule has 1 aliphatic rings. The van der Waals surface area contributed by atoms with Crippen molar-refractivity contribution in [3.63, 3.8) is 0 Å². The molecule has 2 N–H and O–H groups in total. The van der Waals surface area contributed by atoms with Crippen LogP contribution in [-0.2, 0) is 22.7 Å². The topological polar surface area (TPSA) is 96.3 Å². The molecule has 2 aromatic rings. The SMILES string of the molecule is O=C(C[C@H]1NC(=O)N(Cc2ccccc2)C1=O)NCCn1cccn1. The molecule has 1 aliphatic heterocycles. The molecule has 0 spiro atoms. The highest BCUT2D eigenvalue weighted by molar-refractivity contribution is 6.05. The summed E-state index contributed by atoms with van der Waals surface area (Å²) in [4.78, 5) is 37.5. The Morgan fingerprint density at radius 3 is 2.72 bits per heavy atom. The lowest BCUT2D eigenvalue weighted by Gasteiger charge is -2.13. The van der Waals surface area contributed by atoms with Gasteiger partial charge in [-0.1, -0.05) is 30.3 Å². The van der Waals surface area contributed by atoms with Gasteiger partial charge in [0.2, 0.25) is 5.91 Å². The fourth-order valence-electron chi connectivity index (χ4n) is 2.63. The summed E-state index contributed by atoms with van der Waals surface area (Å²) in [6.07, 6.45) is 3.39. The predicted octanol–water partition coefficient (Wildman–Crippen LogP) is 0.510. The molecule has 1 fully saturated rings. The minimum absolute atomic E-state index is 0.0744. The molecule has 1 atom stereocenters. The molecule has 0 radical (unpaired) electrons. The zero-order chi connectivity index (χ0) is 17.6. The van der Waals surface area contributed by atoms with Gasteiger partial charge < -0.3 is 10.6 Å². The number of urea groups is 1. The van der Waals surface area contributed by atoms with Crippen molar-refractivity contribution < 1.29 is 14.4 Å². The molecule has 0 bridgehead atoms. The summed E-state index contributed by atoms with van der Waals surface area (Å²) in [5.74, 6) is -0.663. The second kappa shape index (κ2) is 7.61. The van der Waals surface area contributed by atoms with E-state index in [4.69, 9.17) is 0 Å². The van der Waals surface area contributed by atoms with E-state index in [1.54, 1.807) is 23.1 Å². The van der Waals surface area contributed by atoms with Crippen LogP contribution in [0.15, 0.2) is 48.8 Å². The zero-order valence-corrected chi connectivity index (χ0v) is 13.6. The van der Waals surface area contributed by atoms with Crippen molar-refractivity contribution >= 4 is 17.8 Å². The molecule has 2 heterocycles. The Labute approximate surface area is 144 Å². The maximum absolute atomic E-state index is 12.4. The van der Waals surface area contributed by atoms with Crippen LogP contribution in [0.2, 0.25) is 0 Å². The predicted molar refractivity (Wildman–Crippen MR) is 89.2 cm³/mol. The third-order valence-electron chi connectivity index (χ3n) is 3.90. The van der Waals surface area contributed by atoms with Crippen molar-refractivity contribution in [2.75, 3.05) is 6.54 Å². The first-order valence-corrected chi connectivity index (χ1v) is 8.03. The molecule has 1 saturated heterocycles. The van der Waals surface area contributed by atoms with Gasteiger partial charge in [-0.05, 0) is 11.6 Å². The van der Waals surface area contributed by atoms with Crippen LogP contribution in [0.1, 0.15) is 12.0 Å². The summed E-state index contributed by atoms with van der Waals surface area (Å²) in [6.45, 7) is 1.15. The van der Waals surface area contributed by atoms with Gasteiger partial charge in [-0.2, -0.15) is 5.10 Å². The number of nitrogens with zero attached hydrogens (tertiary/aromatic N) is 3. The summed E-state index contributed by atoms with van der Waals surface area (Å²) >= 11 is 0. The van der Waals surface area contributed by atoms with Crippen LogP contribution >= 0.6 is 0 Å². The highest BCUT2D eigenvalue weighted by atomic mass is 16.2. The Bertz CT molecular complexity index is 745. The first-order valence-electron chi connectivity index (χ1n) is 8.03. The minimum Gasteiger partial charge on any atom is -0.354 e. The minimum atomic E-state index is -0.819. The lowest BCUT2D eigenvalue weighted by molar-refractivity contribution is -0.131. The Morgan fingerprint density at radius 1 is 1.20 bits per heavy atom. The Hall–Kier alpha value is -3.16. The van der Waals surface area contributed by atoms with E-state index in [1.165, 1.54) is 0 Å². The van der Waals surface area contributed by atoms with Gasteiger partial charge in [-0.15, -0.1) is 0 Å². The van der Waals surface area contributed by atoms with Gasteiger partial charge >= 0.3 is 6.03 Å². The smallest absolute Gasteiger partial charge is 0.325 e. The summed E-state index contributed by atoms with van der Waals surface area (Å²) in [7, 11) is 0. The number of benzene rings is 1. The van der Waals surface area contributed by atoms with E-state index in [2.05, 4.69) is 15.7 Å². The van der Waals surface area contributed by atoms with E-state index in [9.17, 15) is 14.4 Å². The molecule has 4 amide bonds. The van der Waals surface area contributed by atoms with Gasteiger partial charge in [0.25, 0.3) is 5.91 Å². The molecule has 1 aromatic heterocycles. The van der Waals surface area contributed by atoms with Crippen LogP contribution in [0.3, 0.4) is 0 Å². The number of rotatable bonds is 7. The molecule has 3 rings (SSSR count). The van der Waals surface area contributed by atoms with Crippen LogP contribution in [0, 0.1) is 0 Å². The van der Waals surface area contributed by atoms with Gasteiger partial charge in [0, 0.05) is 18.9 Å². The second-order valence-corrected chi connectivity index (χ2v) is 5.74. The number of amides is 4. The highest BCUT2D eigenvalue weighted by Gasteiger charge is 2.38. The molecular weight excluding hydrogens is 322 g/mol. The fourth-order valence-corrected chi connectivity index (χ4v) is 2.63. The van der Waals surface area contributed by atoms with Crippen molar-refractivity contribution in [2.24, 2.45) is 0 Å². The molecule has 0 saturated carbocycles. The third-order valence-corrected chi connectivity index (χ3v) is 3.90. The average molecular weight is 341 g/mol. The number of aromatic nitrogens is 2. The highest BCUT2D eigenvalue weighted by Crippen LogP contribution is 2.13. The summed E-state index contributed by atoms with van der Waals surface area (Å²) in [6, 6.07) is 9.76. The van der Waals surface area contributed by atoms with Crippen LogP contribution in [0.4, 0.5) is 4.79 Å². The van der Waals surface area contributed by atoms with Crippen LogP contribution in [0.25, 0.3) is 0 Å². The number of imide groups is 1. The van der Waals surface area contributed by atoms with E-state index < -0.39 is 12.1 Å². The second-order valence-electron chi connectivity index (χ2n) is 5.74. The van der Waals surface area contributed by atoms with Crippen LogP contribution in [0.5, 0.6) is 0 Å². The van der Waals surface area contributed by atoms with Crippen molar-refractivity contribution in [1.82, 2.24) is 25.3 Å². The summed E-state index contributed by atoms with van der Waals surface area (Å²) in [5.41, 5.74) is 0.857. The molecule has 25 heavy (non-hydrogen) atoms. The average Bonchev–Trinajstić information content (AvgIpc) is 3.20. The van der Waals surface area contributed by atoms with Crippen molar-refractivity contribution in [3.05, 3.63) is 54.4 Å². The molecule has 8 nitrogen and oxygen atoms in total. The number of carbonyl (C=O) groups is 3. The molecule has 130 valence electrons. The van der Waals surface area contributed by atoms with E-state index >= 15 is 0 Å². The van der Waals surface area contributed by atoms with E-state index in [0.29, 0.717) is 13.1 Å². The maximum atomic E-state index is 12.4. The maximum Gasteiger partial charge on any atom is 0.325 e. The first kappa shape index (κ1) is 16.7. The first-order chi connectivity index (χ1) is 12.1. The summed E-state index contributed by atoms with van der Waals surface area (Å²) < 4.78 is 1.70. The van der Waals surface area contributed by atoms with Crippen LogP contribution < -0.4 is 10.6 Å². The van der Waals surface area contributed by atoms with Gasteiger partial charge in [-0.25, -0.2) is 4.79 Å². The Balaban J connectivity index is 1.48. The normalized spacial score (nSPS) is 16.8. The lowest BCUT2D eigenvalue weighted by Crippen LogP contribution is -2.37. The summed E-state index contributed by atoms with van der Waals surface area (Å²) in [5, 5.41) is 9.33. The van der Waals surface area contributed by atoms with Gasteiger partial charge in [-0.3, -0.25) is 19.2 Å². The number of nitrogens with one attached hydrogen (secondary N) is 2. The third kappa shape index (κ3) is 4.23. The zero-order valence-electron chi connectivity index (χ0n) is 13.6. The van der Waals surface area contributed by atoms with Crippen molar-refractivity contribution in [3.8, 4) is 0 Å². The Kier molecular flexibility index (Phi) is 5.08. The fraction of sp³-hybridized carbons (Fsp3) is 0.294. The van der Waals surface area contributed by atoms with Crippen LogP contribution in [-0.4, -0.2) is 45.1 Å². The largest absolute Gasteiger partial charge is 0.354 e.